The lowest BCUT2D eigenvalue weighted by molar-refractivity contribution is -0.132. The van der Waals surface area contributed by atoms with Crippen LogP contribution < -0.4 is 14.4 Å². The zero-order valence-corrected chi connectivity index (χ0v) is 21.6. The Morgan fingerprint density at radius 2 is 1.70 bits per heavy atom. The molecule has 1 fully saturated rings. The molecule has 1 aliphatic heterocycles. The van der Waals surface area contributed by atoms with E-state index in [1.807, 2.05) is 27.7 Å². The predicted octanol–water partition coefficient (Wildman–Crippen LogP) is 5.72. The largest absolute Gasteiger partial charge is 0.508 e. The maximum absolute atomic E-state index is 13.4. The lowest BCUT2D eigenvalue weighted by Crippen LogP contribution is -2.29. The summed E-state index contributed by atoms with van der Waals surface area (Å²) in [6.07, 6.45) is 0. The van der Waals surface area contributed by atoms with Gasteiger partial charge in [0.15, 0.2) is 0 Å². The molecule has 1 amide bonds. The third-order valence-electron chi connectivity index (χ3n) is 6.34. The Bertz CT molecular complexity index is 1370. The van der Waals surface area contributed by atoms with E-state index in [9.17, 15) is 19.8 Å². The van der Waals surface area contributed by atoms with Gasteiger partial charge in [0.2, 0.25) is 0 Å². The van der Waals surface area contributed by atoms with Gasteiger partial charge in [0, 0.05) is 16.8 Å². The number of nitrogens with zero attached hydrogens (tertiary/aromatic N) is 1. The van der Waals surface area contributed by atoms with Crippen LogP contribution in [-0.4, -0.2) is 35.6 Å². The highest BCUT2D eigenvalue weighted by Crippen LogP contribution is 2.44. The number of Topliss-reactive ketones (excluding diaryl/α,β-unsaturated/α-hetero) is 1. The summed E-state index contributed by atoms with van der Waals surface area (Å²) in [6, 6.07) is 17.3. The van der Waals surface area contributed by atoms with Gasteiger partial charge < -0.3 is 19.7 Å². The molecule has 3 aromatic rings. The lowest BCUT2D eigenvalue weighted by Gasteiger charge is -2.26. The molecule has 0 radical (unpaired) electrons. The SMILES string of the molecule is CCOc1ccc(/C(O)=C2/C(=O)C(=O)N(c3ccc(OC)cc3)C2c2cccc(O)c2)cc1C(C)(C)C. The first kappa shape index (κ1) is 25.8. The van der Waals surface area contributed by atoms with E-state index >= 15 is 0 Å². The number of methoxy groups -OCH3 is 1. The first-order valence-electron chi connectivity index (χ1n) is 12.1. The predicted molar refractivity (Wildman–Crippen MR) is 142 cm³/mol. The summed E-state index contributed by atoms with van der Waals surface area (Å²) in [5.74, 6) is -0.617. The minimum Gasteiger partial charge on any atom is -0.508 e. The first-order valence-corrected chi connectivity index (χ1v) is 12.1. The molecule has 0 aromatic heterocycles. The number of hydrogen-bond acceptors (Lipinski definition) is 6. The van der Waals surface area contributed by atoms with E-state index in [0.29, 0.717) is 34.9 Å². The third kappa shape index (κ3) is 4.89. The zero-order chi connectivity index (χ0) is 26.9. The third-order valence-corrected chi connectivity index (χ3v) is 6.34. The Hall–Kier alpha value is -4.26. The van der Waals surface area contributed by atoms with Crippen molar-refractivity contribution in [2.24, 2.45) is 0 Å². The van der Waals surface area contributed by atoms with Crippen LogP contribution in [0.15, 0.2) is 72.3 Å². The average molecular weight is 502 g/mol. The number of phenols is 1. The molecule has 2 N–H and O–H groups in total. The summed E-state index contributed by atoms with van der Waals surface area (Å²) in [7, 11) is 1.54. The molecule has 1 saturated heterocycles. The highest BCUT2D eigenvalue weighted by Gasteiger charge is 2.47. The van der Waals surface area contributed by atoms with E-state index in [2.05, 4.69) is 0 Å². The monoisotopic (exact) mass is 501 g/mol. The van der Waals surface area contributed by atoms with Gasteiger partial charge in [-0.05, 0) is 72.5 Å². The molecule has 1 heterocycles. The quantitative estimate of drug-likeness (QED) is 0.255. The highest BCUT2D eigenvalue weighted by atomic mass is 16.5. The number of aliphatic hydroxyl groups is 1. The van der Waals surface area contributed by atoms with Gasteiger partial charge in [-0.15, -0.1) is 0 Å². The Balaban J connectivity index is 1.94. The van der Waals surface area contributed by atoms with Gasteiger partial charge in [0.25, 0.3) is 11.7 Å². The van der Waals surface area contributed by atoms with E-state index in [1.54, 1.807) is 54.6 Å². The van der Waals surface area contributed by atoms with Gasteiger partial charge in [-0.1, -0.05) is 32.9 Å². The number of amides is 1. The number of aromatic hydroxyl groups is 1. The van der Waals surface area contributed by atoms with Gasteiger partial charge in [0.05, 0.1) is 25.3 Å². The Morgan fingerprint density at radius 1 is 1.00 bits per heavy atom. The van der Waals surface area contributed by atoms with Crippen molar-refractivity contribution in [1.29, 1.82) is 0 Å². The molecule has 37 heavy (non-hydrogen) atoms. The minimum atomic E-state index is -0.954. The summed E-state index contributed by atoms with van der Waals surface area (Å²) in [6.45, 7) is 8.48. The maximum Gasteiger partial charge on any atom is 0.300 e. The number of hydrogen-bond donors (Lipinski definition) is 2. The van der Waals surface area contributed by atoms with Crippen molar-refractivity contribution in [3.8, 4) is 17.2 Å². The molecule has 0 bridgehead atoms. The van der Waals surface area contributed by atoms with E-state index < -0.39 is 17.7 Å². The molecule has 4 rings (SSSR count). The number of aliphatic hydroxyl groups excluding tert-OH is 1. The molecule has 1 unspecified atom stereocenters. The second kappa shape index (κ2) is 10.0. The fourth-order valence-corrected chi connectivity index (χ4v) is 4.55. The fraction of sp³-hybridized carbons (Fsp3) is 0.267. The second-order valence-electron chi connectivity index (χ2n) is 9.86. The maximum atomic E-state index is 13.4. The normalized spacial score (nSPS) is 17.2. The number of carbonyl (C=O) groups excluding carboxylic acids is 2. The standard InChI is InChI=1S/C30H31NO6/c1-6-37-24-15-10-19(17-23(24)30(2,3)4)27(33)25-26(18-8-7-9-21(32)16-18)31(29(35)28(25)34)20-11-13-22(36-5)14-12-20/h7-17,26,32-33H,6H2,1-5H3/b27-25-. The molecule has 0 saturated carbocycles. The second-order valence-corrected chi connectivity index (χ2v) is 9.86. The van der Waals surface area contributed by atoms with Crippen LogP contribution in [0.1, 0.15) is 50.4 Å². The molecule has 1 aliphatic rings. The van der Waals surface area contributed by atoms with Crippen LogP contribution in [0.4, 0.5) is 5.69 Å². The minimum absolute atomic E-state index is 0.0195. The van der Waals surface area contributed by atoms with Crippen LogP contribution in [0.3, 0.4) is 0 Å². The molecule has 0 spiro atoms. The van der Waals surface area contributed by atoms with Crippen LogP contribution in [-0.2, 0) is 15.0 Å². The van der Waals surface area contributed by atoms with Crippen LogP contribution in [0.25, 0.3) is 5.76 Å². The molecule has 7 heteroatoms. The van der Waals surface area contributed by atoms with Crippen molar-refractivity contribution in [1.82, 2.24) is 0 Å². The summed E-state index contributed by atoms with van der Waals surface area (Å²) >= 11 is 0. The van der Waals surface area contributed by atoms with Gasteiger partial charge in [-0.2, -0.15) is 0 Å². The highest BCUT2D eigenvalue weighted by molar-refractivity contribution is 6.51. The summed E-state index contributed by atoms with van der Waals surface area (Å²) < 4.78 is 11.0. The lowest BCUT2D eigenvalue weighted by atomic mass is 9.84. The van der Waals surface area contributed by atoms with E-state index in [0.717, 1.165) is 5.56 Å². The molecule has 3 aromatic carbocycles. The summed E-state index contributed by atoms with van der Waals surface area (Å²) in [4.78, 5) is 28.1. The Labute approximate surface area is 216 Å². The topological polar surface area (TPSA) is 96.3 Å². The van der Waals surface area contributed by atoms with Crippen LogP contribution in [0, 0.1) is 0 Å². The first-order chi connectivity index (χ1) is 17.6. The molecular weight excluding hydrogens is 470 g/mol. The van der Waals surface area contributed by atoms with Crippen molar-refractivity contribution in [2.45, 2.75) is 39.2 Å². The van der Waals surface area contributed by atoms with Crippen molar-refractivity contribution in [3.63, 3.8) is 0 Å². The van der Waals surface area contributed by atoms with Crippen molar-refractivity contribution in [2.75, 3.05) is 18.6 Å². The number of ketones is 1. The Morgan fingerprint density at radius 3 is 2.30 bits per heavy atom. The number of ether oxygens (including phenoxy) is 2. The van der Waals surface area contributed by atoms with Gasteiger partial charge in [-0.3, -0.25) is 14.5 Å². The van der Waals surface area contributed by atoms with E-state index in [4.69, 9.17) is 9.47 Å². The molecule has 0 aliphatic carbocycles. The number of carbonyl (C=O) groups is 2. The molecule has 1 atom stereocenters. The van der Waals surface area contributed by atoms with Gasteiger partial charge in [0.1, 0.15) is 23.0 Å². The van der Waals surface area contributed by atoms with E-state index in [-0.39, 0.29) is 22.5 Å². The van der Waals surface area contributed by atoms with Crippen LogP contribution in [0.5, 0.6) is 17.2 Å². The summed E-state index contributed by atoms with van der Waals surface area (Å²) in [5, 5.41) is 21.7. The smallest absolute Gasteiger partial charge is 0.300 e. The van der Waals surface area contributed by atoms with Crippen molar-refractivity contribution in [3.05, 3.63) is 89.0 Å². The number of anilines is 1. The van der Waals surface area contributed by atoms with Crippen LogP contribution in [0.2, 0.25) is 0 Å². The van der Waals surface area contributed by atoms with Crippen LogP contribution >= 0.6 is 0 Å². The summed E-state index contributed by atoms with van der Waals surface area (Å²) in [5.41, 5.74) is 1.83. The fourth-order valence-electron chi connectivity index (χ4n) is 4.55. The van der Waals surface area contributed by atoms with Crippen molar-refractivity contribution >= 4 is 23.1 Å². The zero-order valence-electron chi connectivity index (χ0n) is 21.6. The van der Waals surface area contributed by atoms with Crippen molar-refractivity contribution < 1.29 is 29.3 Å². The molecular formula is C30H31NO6. The Kier molecular flexibility index (Phi) is 6.99. The van der Waals surface area contributed by atoms with E-state index in [1.165, 1.54) is 24.1 Å². The molecule has 192 valence electrons. The number of phenolic OH excluding ortho intramolecular Hbond substituents is 1. The van der Waals surface area contributed by atoms with Gasteiger partial charge >= 0.3 is 0 Å². The molecule has 7 nitrogen and oxygen atoms in total. The number of benzene rings is 3. The van der Waals surface area contributed by atoms with Gasteiger partial charge in [-0.25, -0.2) is 0 Å². The number of rotatable bonds is 6. The average Bonchev–Trinajstić information content (AvgIpc) is 3.13.